The molecule has 1 saturated heterocycles. The van der Waals surface area contributed by atoms with Crippen molar-refractivity contribution in [3.05, 3.63) is 40.2 Å². The lowest BCUT2D eigenvalue weighted by molar-refractivity contribution is 0.798. The zero-order chi connectivity index (χ0) is 13.8. The van der Waals surface area contributed by atoms with E-state index in [1.807, 2.05) is 18.4 Å². The van der Waals surface area contributed by atoms with Gasteiger partial charge >= 0.3 is 0 Å². The molecule has 1 N–H and O–H groups in total. The van der Waals surface area contributed by atoms with Crippen molar-refractivity contribution in [1.82, 2.24) is 10.3 Å². The molecule has 0 spiro atoms. The molecule has 0 amide bonds. The summed E-state index contributed by atoms with van der Waals surface area (Å²) in [5.74, 6) is 1.29. The molecule has 3 rings (SSSR count). The highest BCUT2D eigenvalue weighted by Crippen LogP contribution is 2.43. The van der Waals surface area contributed by atoms with Crippen molar-refractivity contribution in [1.29, 1.82) is 0 Å². The molecular formula is C16H20N2S2. The van der Waals surface area contributed by atoms with Crippen LogP contribution in [-0.2, 0) is 6.42 Å². The quantitative estimate of drug-likeness (QED) is 0.898. The van der Waals surface area contributed by atoms with Gasteiger partial charge in [0.25, 0.3) is 0 Å². The molecule has 106 valence electrons. The Labute approximate surface area is 129 Å². The number of nitrogens with zero attached hydrogens (tertiary/aromatic N) is 1. The number of rotatable bonds is 5. The predicted molar refractivity (Wildman–Crippen MR) is 89.6 cm³/mol. The van der Waals surface area contributed by atoms with Crippen molar-refractivity contribution in [2.45, 2.75) is 24.5 Å². The molecule has 20 heavy (non-hydrogen) atoms. The Kier molecular flexibility index (Phi) is 4.76. The third-order valence-electron chi connectivity index (χ3n) is 3.57. The van der Waals surface area contributed by atoms with Crippen LogP contribution < -0.4 is 5.32 Å². The first-order valence-corrected chi connectivity index (χ1v) is 9.06. The molecule has 1 aliphatic heterocycles. The minimum atomic E-state index is 0.630. The van der Waals surface area contributed by atoms with Crippen LogP contribution in [0, 0.1) is 0 Å². The Balaban J connectivity index is 1.93. The molecule has 4 heteroatoms. The van der Waals surface area contributed by atoms with E-state index in [0.29, 0.717) is 5.25 Å². The Hall–Kier alpha value is -0.840. The molecule has 1 unspecified atom stereocenters. The Morgan fingerprint density at radius 1 is 1.30 bits per heavy atom. The largest absolute Gasteiger partial charge is 0.319 e. The number of thioether (sulfide) groups is 1. The van der Waals surface area contributed by atoms with E-state index in [1.165, 1.54) is 39.7 Å². The summed E-state index contributed by atoms with van der Waals surface area (Å²) >= 11 is 3.99. The zero-order valence-electron chi connectivity index (χ0n) is 11.8. The van der Waals surface area contributed by atoms with E-state index in [0.717, 1.165) is 13.0 Å². The molecular weight excluding hydrogens is 284 g/mol. The number of hydrogen-bond acceptors (Lipinski definition) is 4. The Bertz CT molecular complexity index is 545. The molecule has 0 radical (unpaired) electrons. The smallest absolute Gasteiger partial charge is 0.107 e. The summed E-state index contributed by atoms with van der Waals surface area (Å²) < 4.78 is 0. The van der Waals surface area contributed by atoms with Crippen molar-refractivity contribution < 1.29 is 0 Å². The van der Waals surface area contributed by atoms with Gasteiger partial charge in [0.1, 0.15) is 5.01 Å². The van der Waals surface area contributed by atoms with Gasteiger partial charge in [0, 0.05) is 10.4 Å². The Morgan fingerprint density at radius 3 is 2.85 bits per heavy atom. The fourth-order valence-electron chi connectivity index (χ4n) is 2.51. The summed E-state index contributed by atoms with van der Waals surface area (Å²) in [6.07, 6.45) is 3.69. The number of benzene rings is 1. The molecule has 1 aromatic heterocycles. The van der Waals surface area contributed by atoms with Gasteiger partial charge in [-0.2, -0.15) is 11.8 Å². The molecule has 2 aromatic rings. The molecule has 1 aliphatic rings. The Morgan fingerprint density at radius 2 is 2.15 bits per heavy atom. The molecule has 1 aromatic carbocycles. The third-order valence-corrected chi connectivity index (χ3v) is 6.33. The first-order valence-electron chi connectivity index (χ1n) is 7.19. The lowest BCUT2D eigenvalue weighted by Gasteiger charge is -2.02. The molecule has 1 fully saturated rings. The maximum Gasteiger partial charge on any atom is 0.107 e. The van der Waals surface area contributed by atoms with E-state index in [-0.39, 0.29) is 0 Å². The van der Waals surface area contributed by atoms with Crippen LogP contribution in [0.1, 0.15) is 28.0 Å². The van der Waals surface area contributed by atoms with Gasteiger partial charge in [0.2, 0.25) is 0 Å². The van der Waals surface area contributed by atoms with E-state index >= 15 is 0 Å². The molecule has 2 heterocycles. The van der Waals surface area contributed by atoms with Gasteiger partial charge < -0.3 is 5.32 Å². The number of aromatic nitrogens is 1. The van der Waals surface area contributed by atoms with Gasteiger partial charge in [-0.1, -0.05) is 30.3 Å². The van der Waals surface area contributed by atoms with E-state index in [1.54, 1.807) is 0 Å². The summed E-state index contributed by atoms with van der Waals surface area (Å²) in [5, 5.41) is 5.21. The van der Waals surface area contributed by atoms with Crippen LogP contribution >= 0.6 is 23.1 Å². The average molecular weight is 304 g/mol. The highest BCUT2D eigenvalue weighted by Gasteiger charge is 2.23. The highest BCUT2D eigenvalue weighted by atomic mass is 32.2. The second-order valence-corrected chi connectivity index (χ2v) is 7.47. The number of thiazole rings is 1. The SMILES string of the molecule is CNCCc1sc(C2CCCS2)nc1-c1ccccc1. The van der Waals surface area contributed by atoms with Gasteiger partial charge in [-0.15, -0.1) is 11.3 Å². The second-order valence-electron chi connectivity index (χ2n) is 5.05. The summed E-state index contributed by atoms with van der Waals surface area (Å²) in [4.78, 5) is 6.41. The van der Waals surface area contributed by atoms with Gasteiger partial charge in [0.05, 0.1) is 10.9 Å². The maximum absolute atomic E-state index is 4.99. The minimum absolute atomic E-state index is 0.630. The number of nitrogens with one attached hydrogen (secondary N) is 1. The summed E-state index contributed by atoms with van der Waals surface area (Å²) in [5.41, 5.74) is 2.46. The number of likely N-dealkylation sites (N-methyl/N-ethyl adjacent to an activating group) is 1. The molecule has 0 bridgehead atoms. The van der Waals surface area contributed by atoms with Gasteiger partial charge in [-0.05, 0) is 38.6 Å². The summed E-state index contributed by atoms with van der Waals surface area (Å²) in [6.45, 7) is 1.01. The van der Waals surface area contributed by atoms with Gasteiger partial charge in [-0.25, -0.2) is 4.98 Å². The van der Waals surface area contributed by atoms with E-state index < -0.39 is 0 Å². The van der Waals surface area contributed by atoms with E-state index in [9.17, 15) is 0 Å². The third kappa shape index (κ3) is 3.08. The van der Waals surface area contributed by atoms with Crippen LogP contribution in [0.15, 0.2) is 30.3 Å². The maximum atomic E-state index is 4.99. The van der Waals surface area contributed by atoms with Crippen LogP contribution in [0.3, 0.4) is 0 Å². The zero-order valence-corrected chi connectivity index (χ0v) is 13.4. The van der Waals surface area contributed by atoms with Crippen LogP contribution in [0.4, 0.5) is 0 Å². The topological polar surface area (TPSA) is 24.9 Å². The minimum Gasteiger partial charge on any atom is -0.319 e. The average Bonchev–Trinajstić information content (AvgIpc) is 3.15. The standard InChI is InChI=1S/C16H20N2S2/c1-17-10-9-13-15(12-6-3-2-4-7-12)18-16(20-13)14-8-5-11-19-14/h2-4,6-7,14,17H,5,8-11H2,1H3. The molecule has 1 atom stereocenters. The lowest BCUT2D eigenvalue weighted by Crippen LogP contribution is -2.09. The summed E-state index contributed by atoms with van der Waals surface area (Å²) in [6, 6.07) is 10.6. The predicted octanol–water partition coefficient (Wildman–Crippen LogP) is 4.14. The van der Waals surface area contributed by atoms with Crippen molar-refractivity contribution in [3.8, 4) is 11.3 Å². The second kappa shape index (κ2) is 6.74. The molecule has 2 nitrogen and oxygen atoms in total. The fraction of sp³-hybridized carbons (Fsp3) is 0.438. The molecule has 0 aliphatic carbocycles. The highest BCUT2D eigenvalue weighted by molar-refractivity contribution is 7.99. The van der Waals surface area contributed by atoms with Crippen LogP contribution in [0.2, 0.25) is 0 Å². The van der Waals surface area contributed by atoms with E-state index in [4.69, 9.17) is 4.98 Å². The summed E-state index contributed by atoms with van der Waals surface area (Å²) in [7, 11) is 2.01. The monoisotopic (exact) mass is 304 g/mol. The van der Waals surface area contributed by atoms with Crippen LogP contribution in [0.5, 0.6) is 0 Å². The normalized spacial score (nSPS) is 18.6. The fourth-order valence-corrected chi connectivity index (χ4v) is 5.11. The van der Waals surface area contributed by atoms with Gasteiger partial charge in [-0.3, -0.25) is 0 Å². The molecule has 0 saturated carbocycles. The van der Waals surface area contributed by atoms with Crippen molar-refractivity contribution in [3.63, 3.8) is 0 Å². The van der Waals surface area contributed by atoms with Gasteiger partial charge in [0.15, 0.2) is 0 Å². The van der Waals surface area contributed by atoms with Crippen LogP contribution in [-0.4, -0.2) is 24.3 Å². The van der Waals surface area contributed by atoms with Crippen molar-refractivity contribution in [2.75, 3.05) is 19.3 Å². The van der Waals surface area contributed by atoms with Crippen molar-refractivity contribution in [2.24, 2.45) is 0 Å². The lowest BCUT2D eigenvalue weighted by atomic mass is 10.1. The first kappa shape index (κ1) is 14.1. The van der Waals surface area contributed by atoms with E-state index in [2.05, 4.69) is 47.4 Å². The number of hydrogen-bond donors (Lipinski definition) is 1. The van der Waals surface area contributed by atoms with Crippen LogP contribution in [0.25, 0.3) is 11.3 Å². The first-order chi connectivity index (χ1) is 9.88. The van der Waals surface area contributed by atoms with Crippen molar-refractivity contribution >= 4 is 23.1 Å².